The molecule has 2 aliphatic heterocycles. The fourth-order valence-electron chi connectivity index (χ4n) is 4.73. The van der Waals surface area contributed by atoms with E-state index in [1.54, 1.807) is 29.2 Å². The molecule has 0 spiro atoms. The molecule has 2 aliphatic rings. The SMILES string of the molecule is O=C(Nc1cccc(F)c1)N1C[C@@H]2C[C@H](C1)c1ccc(-c3ccc(Cl)cc3)c(=O)n1C2. The Bertz CT molecular complexity index is 1210. The summed E-state index contributed by atoms with van der Waals surface area (Å²) in [4.78, 5) is 27.8. The van der Waals surface area contributed by atoms with Crippen molar-refractivity contribution in [2.45, 2.75) is 18.9 Å². The molecule has 3 heterocycles. The maximum Gasteiger partial charge on any atom is 0.321 e. The number of anilines is 1. The number of nitrogens with zero attached hydrogens (tertiary/aromatic N) is 2. The van der Waals surface area contributed by atoms with Gasteiger partial charge in [-0.3, -0.25) is 4.79 Å². The summed E-state index contributed by atoms with van der Waals surface area (Å²) in [6.45, 7) is 1.67. The number of carbonyl (C=O) groups is 1. The van der Waals surface area contributed by atoms with Gasteiger partial charge in [-0.15, -0.1) is 0 Å². The molecule has 0 saturated carbocycles. The lowest BCUT2D eigenvalue weighted by Gasteiger charge is -2.42. The van der Waals surface area contributed by atoms with Crippen molar-refractivity contribution < 1.29 is 9.18 Å². The summed E-state index contributed by atoms with van der Waals surface area (Å²) in [5.41, 5.74) is 2.89. The predicted molar refractivity (Wildman–Crippen MR) is 119 cm³/mol. The molecule has 158 valence electrons. The van der Waals surface area contributed by atoms with E-state index in [1.165, 1.54) is 12.1 Å². The van der Waals surface area contributed by atoms with Crippen molar-refractivity contribution in [3.8, 4) is 11.1 Å². The summed E-state index contributed by atoms with van der Waals surface area (Å²) in [6.07, 6.45) is 0.948. The van der Waals surface area contributed by atoms with E-state index in [9.17, 15) is 14.0 Å². The Morgan fingerprint density at radius 3 is 2.61 bits per heavy atom. The monoisotopic (exact) mass is 437 g/mol. The minimum atomic E-state index is -0.391. The Kier molecular flexibility index (Phi) is 5.02. The molecule has 1 aromatic heterocycles. The summed E-state index contributed by atoms with van der Waals surface area (Å²) >= 11 is 5.98. The first-order valence-electron chi connectivity index (χ1n) is 10.3. The largest absolute Gasteiger partial charge is 0.324 e. The Labute approximate surface area is 184 Å². The molecule has 31 heavy (non-hydrogen) atoms. The molecule has 5 rings (SSSR count). The van der Waals surface area contributed by atoms with Gasteiger partial charge in [-0.05, 0) is 60.4 Å². The van der Waals surface area contributed by atoms with E-state index in [4.69, 9.17) is 11.6 Å². The number of pyridine rings is 1. The molecule has 7 heteroatoms. The molecule has 0 aliphatic carbocycles. The van der Waals surface area contributed by atoms with Crippen molar-refractivity contribution in [3.63, 3.8) is 0 Å². The average Bonchev–Trinajstić information content (AvgIpc) is 2.75. The van der Waals surface area contributed by atoms with Crippen LogP contribution >= 0.6 is 11.6 Å². The van der Waals surface area contributed by atoms with Crippen LogP contribution in [0.3, 0.4) is 0 Å². The van der Waals surface area contributed by atoms with Gasteiger partial charge in [0.05, 0.1) is 0 Å². The third kappa shape index (κ3) is 3.83. The highest BCUT2D eigenvalue weighted by Gasteiger charge is 2.36. The number of carbonyl (C=O) groups excluding carboxylic acids is 1. The average molecular weight is 438 g/mol. The summed E-state index contributed by atoms with van der Waals surface area (Å²) in [5, 5.41) is 3.41. The first kappa shape index (κ1) is 19.8. The second-order valence-corrected chi connectivity index (χ2v) is 8.68. The van der Waals surface area contributed by atoms with Gasteiger partial charge in [0.15, 0.2) is 0 Å². The maximum absolute atomic E-state index is 13.4. The first-order chi connectivity index (χ1) is 15.0. The summed E-state index contributed by atoms with van der Waals surface area (Å²) < 4.78 is 15.3. The summed E-state index contributed by atoms with van der Waals surface area (Å²) in [6, 6.07) is 16.8. The van der Waals surface area contributed by atoms with Crippen molar-refractivity contribution in [2.75, 3.05) is 18.4 Å². The van der Waals surface area contributed by atoms with Gasteiger partial charge in [-0.1, -0.05) is 29.8 Å². The number of aromatic nitrogens is 1. The van der Waals surface area contributed by atoms with Crippen molar-refractivity contribution in [2.24, 2.45) is 5.92 Å². The number of hydrogen-bond donors (Lipinski definition) is 1. The third-order valence-corrected chi connectivity index (χ3v) is 6.37. The van der Waals surface area contributed by atoms with E-state index < -0.39 is 5.82 Å². The van der Waals surface area contributed by atoms with Crippen LogP contribution in [0.1, 0.15) is 18.0 Å². The van der Waals surface area contributed by atoms with Crippen LogP contribution in [0, 0.1) is 11.7 Å². The van der Waals surface area contributed by atoms with Crippen LogP contribution in [-0.4, -0.2) is 28.6 Å². The molecular weight excluding hydrogens is 417 g/mol. The van der Waals surface area contributed by atoms with Crippen molar-refractivity contribution in [1.82, 2.24) is 9.47 Å². The smallest absolute Gasteiger partial charge is 0.321 e. The van der Waals surface area contributed by atoms with Crippen LogP contribution in [0.5, 0.6) is 0 Å². The van der Waals surface area contributed by atoms with E-state index in [2.05, 4.69) is 5.32 Å². The zero-order valence-electron chi connectivity index (χ0n) is 16.7. The van der Waals surface area contributed by atoms with E-state index in [0.717, 1.165) is 17.7 Å². The Balaban J connectivity index is 1.39. The van der Waals surface area contributed by atoms with Crippen molar-refractivity contribution in [1.29, 1.82) is 0 Å². The number of rotatable bonds is 2. The number of urea groups is 1. The molecule has 2 amide bonds. The predicted octanol–water partition coefficient (Wildman–Crippen LogP) is 4.96. The Morgan fingerprint density at radius 2 is 1.84 bits per heavy atom. The van der Waals surface area contributed by atoms with Crippen LogP contribution in [0.15, 0.2) is 65.5 Å². The molecule has 5 nitrogen and oxygen atoms in total. The van der Waals surface area contributed by atoms with Gasteiger partial charge in [-0.25, -0.2) is 9.18 Å². The molecule has 1 N–H and O–H groups in total. The highest BCUT2D eigenvalue weighted by molar-refractivity contribution is 6.30. The third-order valence-electron chi connectivity index (χ3n) is 6.12. The van der Waals surface area contributed by atoms with Gasteiger partial charge >= 0.3 is 6.03 Å². The second-order valence-electron chi connectivity index (χ2n) is 8.24. The number of likely N-dealkylation sites (tertiary alicyclic amines) is 1. The highest BCUT2D eigenvalue weighted by atomic mass is 35.5. The highest BCUT2D eigenvalue weighted by Crippen LogP contribution is 2.36. The van der Waals surface area contributed by atoms with Crippen LogP contribution in [0.2, 0.25) is 5.02 Å². The lowest BCUT2D eigenvalue weighted by Crippen LogP contribution is -2.50. The number of benzene rings is 2. The quantitative estimate of drug-likeness (QED) is 0.616. The van der Waals surface area contributed by atoms with Crippen molar-refractivity contribution >= 4 is 23.3 Å². The summed E-state index contributed by atoms with van der Waals surface area (Å²) in [5.74, 6) is -0.0986. The van der Waals surface area contributed by atoms with E-state index >= 15 is 0 Å². The molecule has 2 bridgehead atoms. The normalized spacial score (nSPS) is 19.6. The molecule has 2 aromatic carbocycles. The van der Waals surface area contributed by atoms with Gasteiger partial charge in [0, 0.05) is 47.5 Å². The molecule has 0 radical (unpaired) electrons. The fourth-order valence-corrected chi connectivity index (χ4v) is 4.86. The van der Waals surface area contributed by atoms with Crippen LogP contribution in [-0.2, 0) is 6.54 Å². The second kappa shape index (κ2) is 7.85. The van der Waals surface area contributed by atoms with E-state index in [0.29, 0.717) is 35.9 Å². The minimum Gasteiger partial charge on any atom is -0.324 e. The van der Waals surface area contributed by atoms with E-state index in [1.807, 2.05) is 28.8 Å². The number of halogens is 2. The number of nitrogens with one attached hydrogen (secondary N) is 1. The molecule has 1 fully saturated rings. The topological polar surface area (TPSA) is 54.3 Å². The van der Waals surface area contributed by atoms with Gasteiger partial charge in [0.2, 0.25) is 0 Å². The maximum atomic E-state index is 13.4. The van der Waals surface area contributed by atoms with Gasteiger partial charge in [0.1, 0.15) is 5.82 Å². The van der Waals surface area contributed by atoms with Gasteiger partial charge in [-0.2, -0.15) is 0 Å². The van der Waals surface area contributed by atoms with E-state index in [-0.39, 0.29) is 23.4 Å². The van der Waals surface area contributed by atoms with Crippen molar-refractivity contribution in [3.05, 3.63) is 87.6 Å². The zero-order chi connectivity index (χ0) is 21.5. The summed E-state index contributed by atoms with van der Waals surface area (Å²) in [7, 11) is 0. The molecule has 2 atom stereocenters. The van der Waals surface area contributed by atoms with Crippen LogP contribution in [0.25, 0.3) is 11.1 Å². The Morgan fingerprint density at radius 1 is 1.03 bits per heavy atom. The minimum absolute atomic E-state index is 0.00724. The Hall–Kier alpha value is -3.12. The van der Waals surface area contributed by atoms with Crippen LogP contribution in [0.4, 0.5) is 14.9 Å². The van der Waals surface area contributed by atoms with Gasteiger partial charge < -0.3 is 14.8 Å². The molecule has 0 unspecified atom stereocenters. The number of fused-ring (bicyclic) bond motifs is 4. The lowest BCUT2D eigenvalue weighted by molar-refractivity contribution is 0.139. The molecule has 3 aromatic rings. The standard InChI is InChI=1S/C24H21ClFN3O2/c25-18-6-4-16(5-7-18)21-8-9-22-17-10-15(13-29(22)23(21)30)12-28(14-17)24(31)27-20-3-1-2-19(26)11-20/h1-9,11,15,17H,10,12-14H2,(H,27,31)/t15-,17+/m0/s1. The fraction of sp³-hybridized carbons (Fsp3) is 0.250. The first-order valence-corrected chi connectivity index (χ1v) is 10.7. The number of piperidine rings is 1. The van der Waals surface area contributed by atoms with Gasteiger partial charge in [0.25, 0.3) is 5.56 Å². The number of amides is 2. The molecular formula is C24H21ClFN3O2. The lowest BCUT2D eigenvalue weighted by atomic mass is 9.83. The van der Waals surface area contributed by atoms with Crippen LogP contribution < -0.4 is 10.9 Å². The number of hydrogen-bond acceptors (Lipinski definition) is 2. The molecule has 1 saturated heterocycles. The zero-order valence-corrected chi connectivity index (χ0v) is 17.5.